The molecular formula is C16H15BrO3. The monoisotopic (exact) mass is 334 g/mol. The minimum absolute atomic E-state index is 0.239. The molecule has 0 aliphatic heterocycles. The largest absolute Gasteiger partial charge is 0.426 e. The third-order valence-corrected chi connectivity index (χ3v) is 3.14. The van der Waals surface area contributed by atoms with Crippen molar-refractivity contribution in [3.05, 3.63) is 64.6 Å². The normalized spacial score (nSPS) is 10.2. The molecule has 3 nitrogen and oxygen atoms in total. The summed E-state index contributed by atoms with van der Waals surface area (Å²) in [6, 6.07) is 17.0. The first-order valence-electron chi connectivity index (χ1n) is 6.32. The molecule has 0 heterocycles. The molecule has 104 valence electrons. The summed E-state index contributed by atoms with van der Waals surface area (Å²) < 4.78 is 11.6. The lowest BCUT2D eigenvalue weighted by Crippen LogP contribution is -2.11. The highest BCUT2D eigenvalue weighted by Gasteiger charge is 2.04. The average molecular weight is 335 g/mol. The number of hydrogen-bond acceptors (Lipinski definition) is 3. The number of halogens is 1. The molecule has 0 unspecified atom stereocenters. The molecule has 0 N–H and O–H groups in total. The first-order valence-corrected chi connectivity index (χ1v) is 7.11. The van der Waals surface area contributed by atoms with Crippen molar-refractivity contribution >= 4 is 21.9 Å². The lowest BCUT2D eigenvalue weighted by Gasteiger charge is -2.05. The Morgan fingerprint density at radius 3 is 2.40 bits per heavy atom. The topological polar surface area (TPSA) is 35.5 Å². The van der Waals surface area contributed by atoms with E-state index in [2.05, 4.69) is 15.9 Å². The second-order valence-corrected chi connectivity index (χ2v) is 5.13. The molecule has 2 aromatic carbocycles. The molecule has 20 heavy (non-hydrogen) atoms. The van der Waals surface area contributed by atoms with Gasteiger partial charge in [0.1, 0.15) is 5.75 Å². The molecule has 0 amide bonds. The summed E-state index contributed by atoms with van der Waals surface area (Å²) in [5, 5.41) is 0. The van der Waals surface area contributed by atoms with E-state index in [1.54, 1.807) is 12.1 Å². The lowest BCUT2D eigenvalue weighted by atomic mass is 10.2. The maximum absolute atomic E-state index is 11.6. The van der Waals surface area contributed by atoms with E-state index in [4.69, 9.17) is 9.47 Å². The molecule has 2 rings (SSSR count). The minimum Gasteiger partial charge on any atom is -0.426 e. The minimum atomic E-state index is -0.291. The summed E-state index contributed by atoms with van der Waals surface area (Å²) in [7, 11) is 0. The van der Waals surface area contributed by atoms with E-state index in [-0.39, 0.29) is 12.4 Å². The van der Waals surface area contributed by atoms with Gasteiger partial charge in [-0.1, -0.05) is 46.3 Å². The molecule has 0 fully saturated rings. The van der Waals surface area contributed by atoms with Gasteiger partial charge in [0.05, 0.1) is 19.6 Å². The number of rotatable bonds is 6. The Hall–Kier alpha value is -1.65. The smallest absolute Gasteiger partial charge is 0.313 e. The van der Waals surface area contributed by atoms with Gasteiger partial charge in [0.25, 0.3) is 0 Å². The molecule has 0 atom stereocenters. The number of hydrogen-bond donors (Lipinski definition) is 0. The van der Waals surface area contributed by atoms with Crippen LogP contribution in [0.15, 0.2) is 59.1 Å². The zero-order valence-electron chi connectivity index (χ0n) is 10.9. The average Bonchev–Trinajstić information content (AvgIpc) is 2.47. The fourth-order valence-corrected chi connectivity index (χ4v) is 1.87. The van der Waals surface area contributed by atoms with Crippen LogP contribution in [0.3, 0.4) is 0 Å². The maximum Gasteiger partial charge on any atom is 0.313 e. The van der Waals surface area contributed by atoms with Crippen LogP contribution in [0.2, 0.25) is 0 Å². The van der Waals surface area contributed by atoms with Gasteiger partial charge >= 0.3 is 5.97 Å². The quantitative estimate of drug-likeness (QED) is 0.455. The Kier molecular flexibility index (Phi) is 5.77. The number of carbonyl (C=O) groups excluding carboxylic acids is 1. The zero-order chi connectivity index (χ0) is 14.2. The number of ether oxygens (including phenoxy) is 2. The third kappa shape index (κ3) is 5.15. The number of benzene rings is 2. The Labute approximate surface area is 126 Å². The van der Waals surface area contributed by atoms with Gasteiger partial charge in [-0.05, 0) is 29.8 Å². The van der Waals surface area contributed by atoms with E-state index in [0.717, 1.165) is 10.0 Å². The van der Waals surface area contributed by atoms with Crippen LogP contribution in [0.5, 0.6) is 5.75 Å². The Bertz CT molecular complexity index is 537. The van der Waals surface area contributed by atoms with Crippen LogP contribution in [-0.2, 0) is 16.1 Å². The Morgan fingerprint density at radius 1 is 1.00 bits per heavy atom. The molecule has 0 bridgehead atoms. The first-order chi connectivity index (χ1) is 9.74. The van der Waals surface area contributed by atoms with E-state index in [1.807, 2.05) is 42.5 Å². The molecule has 0 spiro atoms. The summed E-state index contributed by atoms with van der Waals surface area (Å²) in [6.45, 7) is 0.858. The van der Waals surface area contributed by atoms with Crippen molar-refractivity contribution in [3.63, 3.8) is 0 Å². The van der Waals surface area contributed by atoms with E-state index in [9.17, 15) is 4.79 Å². The summed E-state index contributed by atoms with van der Waals surface area (Å²) >= 11 is 3.32. The molecule has 4 heteroatoms. The Balaban J connectivity index is 1.66. The van der Waals surface area contributed by atoms with E-state index < -0.39 is 0 Å². The predicted molar refractivity (Wildman–Crippen MR) is 80.5 cm³/mol. The van der Waals surface area contributed by atoms with Crippen molar-refractivity contribution in [2.75, 3.05) is 6.61 Å². The van der Waals surface area contributed by atoms with Crippen LogP contribution in [0, 0.1) is 0 Å². The van der Waals surface area contributed by atoms with E-state index >= 15 is 0 Å². The molecule has 0 aliphatic carbocycles. The summed E-state index contributed by atoms with van der Waals surface area (Å²) in [5.74, 6) is 0.252. The first kappa shape index (κ1) is 14.8. The molecule has 0 aliphatic rings. The zero-order valence-corrected chi connectivity index (χ0v) is 12.5. The molecule has 0 aromatic heterocycles. The van der Waals surface area contributed by atoms with Crippen LogP contribution in [0.25, 0.3) is 0 Å². The maximum atomic E-state index is 11.6. The summed E-state index contributed by atoms with van der Waals surface area (Å²) in [5.41, 5.74) is 1.09. The second kappa shape index (κ2) is 7.82. The molecule has 2 aromatic rings. The highest BCUT2D eigenvalue weighted by Crippen LogP contribution is 2.16. The van der Waals surface area contributed by atoms with Crippen molar-refractivity contribution in [3.8, 4) is 5.75 Å². The second-order valence-electron chi connectivity index (χ2n) is 4.22. The Morgan fingerprint density at radius 2 is 1.70 bits per heavy atom. The van der Waals surface area contributed by atoms with Crippen molar-refractivity contribution in [1.82, 2.24) is 0 Å². The van der Waals surface area contributed by atoms with E-state index in [1.165, 1.54) is 0 Å². The van der Waals surface area contributed by atoms with Gasteiger partial charge in [-0.25, -0.2) is 0 Å². The third-order valence-electron chi connectivity index (χ3n) is 2.61. The van der Waals surface area contributed by atoms with Crippen LogP contribution < -0.4 is 4.74 Å². The van der Waals surface area contributed by atoms with E-state index in [0.29, 0.717) is 19.0 Å². The van der Waals surface area contributed by atoms with Gasteiger partial charge in [0, 0.05) is 4.47 Å². The van der Waals surface area contributed by atoms with Gasteiger partial charge in [-0.3, -0.25) is 4.79 Å². The van der Waals surface area contributed by atoms with Crippen LogP contribution in [0.4, 0.5) is 0 Å². The molecular weight excluding hydrogens is 320 g/mol. The highest BCUT2D eigenvalue weighted by molar-refractivity contribution is 9.10. The van der Waals surface area contributed by atoms with Gasteiger partial charge in [-0.15, -0.1) is 0 Å². The van der Waals surface area contributed by atoms with Crippen molar-refractivity contribution in [2.45, 2.75) is 13.0 Å². The lowest BCUT2D eigenvalue weighted by molar-refractivity contribution is -0.135. The molecule has 0 saturated heterocycles. The van der Waals surface area contributed by atoms with Gasteiger partial charge < -0.3 is 9.47 Å². The number of carbonyl (C=O) groups is 1. The van der Waals surface area contributed by atoms with Crippen molar-refractivity contribution in [1.29, 1.82) is 0 Å². The standard InChI is InChI=1S/C16H15BrO3/c17-14-6-8-15(9-7-14)20-16(18)10-11-19-12-13-4-2-1-3-5-13/h1-9H,10-12H2. The summed E-state index contributed by atoms with van der Waals surface area (Å²) in [6.07, 6.45) is 0.239. The van der Waals surface area contributed by atoms with Gasteiger partial charge in [-0.2, -0.15) is 0 Å². The van der Waals surface area contributed by atoms with Gasteiger partial charge in [0.15, 0.2) is 0 Å². The highest BCUT2D eigenvalue weighted by atomic mass is 79.9. The SMILES string of the molecule is O=C(CCOCc1ccccc1)Oc1ccc(Br)cc1. The van der Waals surface area contributed by atoms with Crippen LogP contribution in [0.1, 0.15) is 12.0 Å². The van der Waals surface area contributed by atoms with Gasteiger partial charge in [0.2, 0.25) is 0 Å². The molecule has 0 saturated carbocycles. The van der Waals surface area contributed by atoms with Crippen LogP contribution >= 0.6 is 15.9 Å². The van der Waals surface area contributed by atoms with Crippen LogP contribution in [-0.4, -0.2) is 12.6 Å². The van der Waals surface area contributed by atoms with Crippen molar-refractivity contribution < 1.29 is 14.3 Å². The fourth-order valence-electron chi connectivity index (χ4n) is 1.60. The summed E-state index contributed by atoms with van der Waals surface area (Å²) in [4.78, 5) is 11.6. The van der Waals surface area contributed by atoms with Crippen molar-refractivity contribution in [2.24, 2.45) is 0 Å². The predicted octanol–water partition coefficient (Wildman–Crippen LogP) is 3.96. The number of esters is 1. The molecule has 0 radical (unpaired) electrons. The fraction of sp³-hybridized carbons (Fsp3) is 0.188.